The summed E-state index contributed by atoms with van der Waals surface area (Å²) < 4.78 is 16.4. The number of amides is 1. The molecule has 0 spiro atoms. The van der Waals surface area contributed by atoms with E-state index >= 15 is 0 Å². The molecule has 7 nitrogen and oxygen atoms in total. The number of hydrogen-bond donors (Lipinski definition) is 2. The lowest BCUT2D eigenvalue weighted by molar-refractivity contribution is 0.0949. The van der Waals surface area contributed by atoms with Gasteiger partial charge in [0.05, 0.1) is 7.11 Å². The van der Waals surface area contributed by atoms with Gasteiger partial charge in [-0.3, -0.25) is 4.79 Å². The molecule has 2 aliphatic heterocycles. The summed E-state index contributed by atoms with van der Waals surface area (Å²) in [6.07, 6.45) is 0.938. The molecule has 0 unspecified atom stereocenters. The fourth-order valence-electron chi connectivity index (χ4n) is 2.95. The number of fused-ring (bicyclic) bond motifs is 1. The molecule has 140 valence electrons. The first-order chi connectivity index (χ1) is 11.8. The number of hydrogen-bond acceptors (Lipinski definition) is 6. The van der Waals surface area contributed by atoms with Gasteiger partial charge < -0.3 is 29.7 Å². The zero-order valence-electron chi connectivity index (χ0n) is 14.5. The number of nitrogens with zero attached hydrogens (tertiary/aromatic N) is 1. The van der Waals surface area contributed by atoms with E-state index < -0.39 is 0 Å². The number of carbonyl (C=O) groups excluding carboxylic acids is 1. The first kappa shape index (κ1) is 19.6. The molecule has 1 saturated heterocycles. The second-order valence-corrected chi connectivity index (χ2v) is 5.90. The van der Waals surface area contributed by atoms with E-state index in [1.165, 1.54) is 0 Å². The maximum absolute atomic E-state index is 12.4. The van der Waals surface area contributed by atoms with Crippen LogP contribution in [0.4, 0.5) is 0 Å². The van der Waals surface area contributed by atoms with E-state index in [0.29, 0.717) is 42.6 Å². The third kappa shape index (κ3) is 5.14. The summed E-state index contributed by atoms with van der Waals surface area (Å²) in [7, 11) is 1.56. The molecule has 0 saturated carbocycles. The molecular weight excluding hydrogens is 346 g/mol. The van der Waals surface area contributed by atoms with E-state index in [9.17, 15) is 4.79 Å². The molecule has 1 fully saturated rings. The van der Waals surface area contributed by atoms with Crippen molar-refractivity contribution in [2.45, 2.75) is 6.42 Å². The predicted molar refractivity (Wildman–Crippen MR) is 97.5 cm³/mol. The maximum Gasteiger partial charge on any atom is 0.251 e. The Morgan fingerprint density at radius 3 is 2.80 bits per heavy atom. The molecule has 1 amide bonds. The molecule has 3 rings (SSSR count). The van der Waals surface area contributed by atoms with Crippen LogP contribution in [0.25, 0.3) is 0 Å². The highest BCUT2D eigenvalue weighted by molar-refractivity contribution is 5.95. The number of ether oxygens (including phenoxy) is 3. The molecule has 2 heterocycles. The van der Waals surface area contributed by atoms with Crippen molar-refractivity contribution >= 4 is 18.3 Å². The van der Waals surface area contributed by atoms with Crippen molar-refractivity contribution in [3.05, 3.63) is 17.7 Å². The van der Waals surface area contributed by atoms with Gasteiger partial charge >= 0.3 is 0 Å². The van der Waals surface area contributed by atoms with Crippen LogP contribution in [0.5, 0.6) is 17.2 Å². The predicted octanol–water partition coefficient (Wildman–Crippen LogP) is 0.913. The Hall–Kier alpha value is -1.70. The summed E-state index contributed by atoms with van der Waals surface area (Å²) in [6, 6.07) is 3.40. The molecular formula is C17H26ClN3O4. The lowest BCUT2D eigenvalue weighted by Crippen LogP contribution is -2.44. The van der Waals surface area contributed by atoms with Crippen molar-refractivity contribution in [1.82, 2.24) is 15.5 Å². The maximum atomic E-state index is 12.4. The Morgan fingerprint density at radius 2 is 2.04 bits per heavy atom. The van der Waals surface area contributed by atoms with Crippen LogP contribution >= 0.6 is 12.4 Å². The molecule has 0 bridgehead atoms. The van der Waals surface area contributed by atoms with E-state index in [4.69, 9.17) is 14.2 Å². The van der Waals surface area contributed by atoms with Gasteiger partial charge in [-0.1, -0.05) is 0 Å². The van der Waals surface area contributed by atoms with Gasteiger partial charge in [-0.25, -0.2) is 0 Å². The van der Waals surface area contributed by atoms with Gasteiger partial charge in [-0.15, -0.1) is 12.4 Å². The SMILES string of the molecule is COc1cc(C(=O)NCCCN2CCNCC2)cc2c1OCCO2.Cl. The topological polar surface area (TPSA) is 72.1 Å². The second-order valence-electron chi connectivity index (χ2n) is 5.90. The van der Waals surface area contributed by atoms with Crippen LogP contribution < -0.4 is 24.8 Å². The van der Waals surface area contributed by atoms with Gasteiger partial charge in [0.1, 0.15) is 13.2 Å². The van der Waals surface area contributed by atoms with Gasteiger partial charge in [0.15, 0.2) is 11.5 Å². The molecule has 1 aromatic rings. The highest BCUT2D eigenvalue weighted by atomic mass is 35.5. The van der Waals surface area contributed by atoms with Gasteiger partial charge in [0.2, 0.25) is 5.75 Å². The van der Waals surface area contributed by atoms with E-state index in [-0.39, 0.29) is 18.3 Å². The molecule has 0 radical (unpaired) electrons. The number of methoxy groups -OCH3 is 1. The first-order valence-electron chi connectivity index (χ1n) is 8.47. The van der Waals surface area contributed by atoms with Gasteiger partial charge in [0, 0.05) is 38.3 Å². The molecule has 8 heteroatoms. The Labute approximate surface area is 154 Å². The Kier molecular flexibility index (Phi) is 7.61. The van der Waals surface area contributed by atoms with E-state index in [1.54, 1.807) is 19.2 Å². The molecule has 2 N–H and O–H groups in total. The second kappa shape index (κ2) is 9.70. The fourth-order valence-corrected chi connectivity index (χ4v) is 2.95. The van der Waals surface area contributed by atoms with Crippen LogP contribution in [0.1, 0.15) is 16.8 Å². The molecule has 2 aliphatic rings. The van der Waals surface area contributed by atoms with Crippen LogP contribution in [0.15, 0.2) is 12.1 Å². The average molecular weight is 372 g/mol. The summed E-state index contributed by atoms with van der Waals surface area (Å²) in [5.41, 5.74) is 0.526. The number of rotatable bonds is 6. The first-order valence-corrected chi connectivity index (χ1v) is 8.47. The minimum absolute atomic E-state index is 0. The minimum Gasteiger partial charge on any atom is -0.493 e. The third-order valence-electron chi connectivity index (χ3n) is 4.24. The largest absolute Gasteiger partial charge is 0.493 e. The van der Waals surface area contributed by atoms with E-state index in [2.05, 4.69) is 15.5 Å². The van der Waals surface area contributed by atoms with Crippen LogP contribution in [-0.4, -0.2) is 70.4 Å². The van der Waals surface area contributed by atoms with Crippen molar-refractivity contribution in [3.63, 3.8) is 0 Å². The van der Waals surface area contributed by atoms with Crippen molar-refractivity contribution in [2.24, 2.45) is 0 Å². The number of nitrogens with one attached hydrogen (secondary N) is 2. The highest BCUT2D eigenvalue weighted by Gasteiger charge is 2.20. The summed E-state index contributed by atoms with van der Waals surface area (Å²) in [5, 5.41) is 6.30. The lowest BCUT2D eigenvalue weighted by atomic mass is 10.1. The molecule has 0 aromatic heterocycles. The molecule has 25 heavy (non-hydrogen) atoms. The highest BCUT2D eigenvalue weighted by Crippen LogP contribution is 2.40. The number of halogens is 1. The standard InChI is InChI=1S/C17H25N3O4.ClH/c1-22-14-11-13(12-15-16(14)24-10-9-23-15)17(21)19-3-2-6-20-7-4-18-5-8-20;/h11-12,18H,2-10H2,1H3,(H,19,21);1H. The molecule has 0 atom stereocenters. The van der Waals surface area contributed by atoms with Gasteiger partial charge in [-0.2, -0.15) is 0 Å². The number of carbonyl (C=O) groups is 1. The van der Waals surface area contributed by atoms with E-state index in [1.807, 2.05) is 0 Å². The van der Waals surface area contributed by atoms with Crippen LogP contribution in [-0.2, 0) is 0 Å². The van der Waals surface area contributed by atoms with E-state index in [0.717, 1.165) is 39.1 Å². The number of benzene rings is 1. The zero-order valence-corrected chi connectivity index (χ0v) is 15.3. The van der Waals surface area contributed by atoms with Crippen molar-refractivity contribution in [3.8, 4) is 17.2 Å². The van der Waals surface area contributed by atoms with Crippen LogP contribution in [0.3, 0.4) is 0 Å². The summed E-state index contributed by atoms with van der Waals surface area (Å²) >= 11 is 0. The van der Waals surface area contributed by atoms with Crippen LogP contribution in [0, 0.1) is 0 Å². The summed E-state index contributed by atoms with van der Waals surface area (Å²) in [6.45, 7) is 6.87. The fraction of sp³-hybridized carbons (Fsp3) is 0.588. The van der Waals surface area contributed by atoms with Crippen molar-refractivity contribution in [2.75, 3.05) is 59.6 Å². The molecule has 0 aliphatic carbocycles. The summed E-state index contributed by atoms with van der Waals surface area (Å²) in [4.78, 5) is 14.8. The Morgan fingerprint density at radius 1 is 1.28 bits per heavy atom. The normalized spacial score (nSPS) is 16.7. The smallest absolute Gasteiger partial charge is 0.251 e. The zero-order chi connectivity index (χ0) is 16.8. The third-order valence-corrected chi connectivity index (χ3v) is 4.24. The summed E-state index contributed by atoms with van der Waals surface area (Å²) in [5.74, 6) is 1.54. The van der Waals surface area contributed by atoms with Gasteiger partial charge in [-0.05, 0) is 25.1 Å². The Balaban J connectivity index is 0.00000225. The number of piperazine rings is 1. The van der Waals surface area contributed by atoms with Crippen LogP contribution in [0.2, 0.25) is 0 Å². The molecule has 1 aromatic carbocycles. The Bertz CT molecular complexity index is 562. The minimum atomic E-state index is -0.120. The van der Waals surface area contributed by atoms with Crippen molar-refractivity contribution in [1.29, 1.82) is 0 Å². The van der Waals surface area contributed by atoms with Gasteiger partial charge in [0.25, 0.3) is 5.91 Å². The average Bonchev–Trinajstić information content (AvgIpc) is 2.65. The van der Waals surface area contributed by atoms with Crippen molar-refractivity contribution < 1.29 is 19.0 Å². The quantitative estimate of drug-likeness (QED) is 0.724. The monoisotopic (exact) mass is 371 g/mol. The lowest BCUT2D eigenvalue weighted by Gasteiger charge is -2.27.